The Morgan fingerprint density at radius 3 is 1.85 bits per heavy atom. The topological polar surface area (TPSA) is 116 Å². The van der Waals surface area contributed by atoms with Gasteiger partial charge in [-0.2, -0.15) is 9.59 Å². The first-order chi connectivity index (χ1) is 25.2. The summed E-state index contributed by atoms with van der Waals surface area (Å²) in [5.41, 5.74) is 7.17. The summed E-state index contributed by atoms with van der Waals surface area (Å²) < 4.78 is 22.0. The van der Waals surface area contributed by atoms with E-state index in [4.69, 9.17) is 51.3 Å². The molecule has 53 heavy (non-hydrogen) atoms. The summed E-state index contributed by atoms with van der Waals surface area (Å²) in [5.74, 6) is 0.112. The van der Waals surface area contributed by atoms with Crippen molar-refractivity contribution in [3.8, 4) is 16.9 Å². The molecule has 6 aromatic carbocycles. The maximum atomic E-state index is 11.1. The molecule has 8 rings (SSSR count). The van der Waals surface area contributed by atoms with E-state index >= 15 is 0 Å². The van der Waals surface area contributed by atoms with Crippen molar-refractivity contribution < 1.29 is 61.6 Å². The number of esters is 1. The van der Waals surface area contributed by atoms with E-state index in [1.807, 2.05) is 66.7 Å². The Balaban J connectivity index is 0.000000176. The van der Waals surface area contributed by atoms with Crippen LogP contribution in [0.1, 0.15) is 15.9 Å². The van der Waals surface area contributed by atoms with Crippen molar-refractivity contribution in [1.29, 1.82) is 0 Å². The number of furan rings is 2. The van der Waals surface area contributed by atoms with E-state index in [9.17, 15) is 4.79 Å². The molecule has 8 nitrogen and oxygen atoms in total. The van der Waals surface area contributed by atoms with Crippen LogP contribution in [0.4, 0.5) is 0 Å². The van der Waals surface area contributed by atoms with Gasteiger partial charge in [0.2, 0.25) is 0 Å². The summed E-state index contributed by atoms with van der Waals surface area (Å²) >= 11 is 15.0. The van der Waals surface area contributed by atoms with Crippen molar-refractivity contribution in [2.75, 3.05) is 7.11 Å². The van der Waals surface area contributed by atoms with Gasteiger partial charge < -0.3 is 47.2 Å². The van der Waals surface area contributed by atoms with Gasteiger partial charge in [0, 0.05) is 41.6 Å². The van der Waals surface area contributed by atoms with Crippen molar-refractivity contribution in [1.82, 2.24) is 0 Å². The van der Waals surface area contributed by atoms with Crippen LogP contribution in [0.5, 0.6) is 5.75 Å². The minimum absolute atomic E-state index is 0. The number of para-hydroxylation sites is 4. The Morgan fingerprint density at radius 2 is 1.25 bits per heavy atom. The predicted octanol–water partition coefficient (Wildman–Crippen LogP) is 8.02. The van der Waals surface area contributed by atoms with Gasteiger partial charge in [0.05, 0.1) is 12.7 Å². The normalized spacial score (nSPS) is 10.1. The van der Waals surface area contributed by atoms with E-state index in [1.165, 1.54) is 7.11 Å². The summed E-state index contributed by atoms with van der Waals surface area (Å²) in [5, 5.41) is 14.3. The predicted molar refractivity (Wildman–Crippen MR) is 207 cm³/mol. The summed E-state index contributed by atoms with van der Waals surface area (Å²) in [4.78, 5) is 27.3. The lowest BCUT2D eigenvalue weighted by molar-refractivity contribution is -0.191. The second-order valence-corrected chi connectivity index (χ2v) is 12.6. The molecule has 0 spiro atoms. The number of hydrogen-bond donors (Lipinski definition) is 1. The smallest absolute Gasteiger partial charge is 0.569 e. The SMILES string of the molecule is COC(=O)c1cc(Cl)ccc1Br.Cc1cc(Cl)ccc1-c1cccc2c1oc1ccccc12.O=C=O.O[B]Oc1cccc2c1oc1ccccc12.[I-]. The van der Waals surface area contributed by atoms with Crippen LogP contribution in [0, 0.1) is 6.92 Å². The molecule has 0 unspecified atom stereocenters. The Bertz CT molecular complexity index is 2550. The van der Waals surface area contributed by atoms with Crippen molar-refractivity contribution in [2.45, 2.75) is 6.92 Å². The highest BCUT2D eigenvalue weighted by molar-refractivity contribution is 9.10. The fourth-order valence-electron chi connectivity index (χ4n) is 5.52. The number of aryl methyl sites for hydroxylation is 1. The first-order valence-electron chi connectivity index (χ1n) is 15.4. The zero-order chi connectivity index (χ0) is 37.2. The molecule has 0 saturated heterocycles. The number of carbonyl (C=O) groups excluding carboxylic acids is 3. The van der Waals surface area contributed by atoms with Crippen molar-refractivity contribution >= 4 is 103 Å². The van der Waals surface area contributed by atoms with Crippen molar-refractivity contribution in [2.24, 2.45) is 0 Å². The van der Waals surface area contributed by atoms with Crippen LogP contribution >= 0.6 is 39.1 Å². The van der Waals surface area contributed by atoms with Gasteiger partial charge in [-0.05, 0) is 82.5 Å². The summed E-state index contributed by atoms with van der Waals surface area (Å²) in [6.07, 6.45) is 0.250. The molecule has 267 valence electrons. The van der Waals surface area contributed by atoms with Gasteiger partial charge in [0.25, 0.3) is 0 Å². The number of methoxy groups -OCH3 is 1. The van der Waals surface area contributed by atoms with E-state index in [0.29, 0.717) is 34.1 Å². The van der Waals surface area contributed by atoms with Crippen LogP contribution in [0.2, 0.25) is 10.0 Å². The monoisotopic (exact) mass is 922 g/mol. The Labute approximate surface area is 340 Å². The number of fused-ring (bicyclic) bond motifs is 6. The lowest BCUT2D eigenvalue weighted by atomic mass is 9.98. The fraction of sp³-hybridized carbons (Fsp3) is 0.0500. The van der Waals surface area contributed by atoms with Gasteiger partial charge in [0.1, 0.15) is 22.5 Å². The molecular weight excluding hydrogens is 897 g/mol. The number of hydrogen-bond acceptors (Lipinski definition) is 8. The summed E-state index contributed by atoms with van der Waals surface area (Å²) in [6.45, 7) is 2.07. The molecule has 0 bridgehead atoms. The van der Waals surface area contributed by atoms with Crippen LogP contribution in [-0.2, 0) is 14.3 Å². The van der Waals surface area contributed by atoms with E-state index in [2.05, 4.69) is 57.9 Å². The standard InChI is InChI=1S/C19H13ClO.C12H8BO3.C8H6BrClO2.CO2.HI/c1-12-11-13(20)9-10-14(12)16-6-4-7-17-15-5-2-3-8-18(15)21-19(16)17;14-13-16-11-7-3-5-9-8-4-1-2-6-10(8)15-12(9)11;1-12-8(11)6-4-5(10)2-3-7(6)9;2-1-3;/h2-11H,1H3;1-7,14H;2-4H,1H3;;1H/p-1. The lowest BCUT2D eigenvalue weighted by Crippen LogP contribution is -3.00. The highest BCUT2D eigenvalue weighted by Gasteiger charge is 2.14. The third kappa shape index (κ3) is 9.69. The third-order valence-corrected chi connectivity index (χ3v) is 8.93. The highest BCUT2D eigenvalue weighted by Crippen LogP contribution is 2.37. The van der Waals surface area contributed by atoms with Crippen LogP contribution in [0.25, 0.3) is 55.0 Å². The fourth-order valence-corrected chi connectivity index (χ4v) is 6.33. The molecule has 0 aliphatic heterocycles. The summed E-state index contributed by atoms with van der Waals surface area (Å²) in [6, 6.07) is 38.7. The number of carbonyl (C=O) groups is 1. The minimum atomic E-state index is -0.399. The zero-order valence-electron chi connectivity index (χ0n) is 27.9. The molecule has 2 heterocycles. The number of halogens is 4. The molecule has 0 amide bonds. The van der Waals surface area contributed by atoms with Crippen LogP contribution < -0.4 is 28.6 Å². The van der Waals surface area contributed by atoms with Crippen LogP contribution in [0.15, 0.2) is 135 Å². The minimum Gasteiger partial charge on any atom is -1.00 e. The maximum Gasteiger partial charge on any atom is 0.569 e. The van der Waals surface area contributed by atoms with E-state index in [0.717, 1.165) is 60.0 Å². The van der Waals surface area contributed by atoms with Crippen molar-refractivity contribution in [3.05, 3.63) is 147 Å². The van der Waals surface area contributed by atoms with Crippen LogP contribution in [-0.4, -0.2) is 31.9 Å². The van der Waals surface area contributed by atoms with E-state index in [1.54, 1.807) is 24.3 Å². The molecule has 0 atom stereocenters. The molecular formula is C40H27BBrCl2IO8-. The molecule has 0 aliphatic carbocycles. The average Bonchev–Trinajstić information content (AvgIpc) is 3.73. The molecule has 1 N–H and O–H groups in total. The summed E-state index contributed by atoms with van der Waals surface area (Å²) in [7, 11) is 1.98. The molecule has 13 heteroatoms. The zero-order valence-corrected chi connectivity index (χ0v) is 33.2. The van der Waals surface area contributed by atoms with E-state index in [-0.39, 0.29) is 30.1 Å². The molecule has 2 aromatic heterocycles. The van der Waals surface area contributed by atoms with Gasteiger partial charge >= 0.3 is 19.8 Å². The van der Waals surface area contributed by atoms with Crippen LogP contribution in [0.3, 0.4) is 0 Å². The van der Waals surface area contributed by atoms with Gasteiger partial charge in [0.15, 0.2) is 5.58 Å². The largest absolute Gasteiger partial charge is 1.00 e. The molecule has 0 fully saturated rings. The first kappa shape index (κ1) is 41.1. The maximum absolute atomic E-state index is 11.1. The molecule has 8 aromatic rings. The molecule has 0 aliphatic rings. The second kappa shape index (κ2) is 19.5. The van der Waals surface area contributed by atoms with E-state index < -0.39 is 5.97 Å². The Morgan fingerprint density at radius 1 is 0.717 bits per heavy atom. The quantitative estimate of drug-likeness (QED) is 0.107. The number of rotatable bonds is 4. The number of ether oxygens (including phenoxy) is 1. The highest BCUT2D eigenvalue weighted by atomic mass is 127. The third-order valence-electron chi connectivity index (χ3n) is 7.76. The second-order valence-electron chi connectivity index (χ2n) is 10.9. The Kier molecular flexibility index (Phi) is 15.1. The average molecular weight is 924 g/mol. The van der Waals surface area contributed by atoms with Gasteiger partial charge in [-0.15, -0.1) is 0 Å². The molecule has 1 radical (unpaired) electrons. The Hall–Kier alpha value is -4.62. The van der Waals surface area contributed by atoms with Gasteiger partial charge in [-0.1, -0.05) is 96.0 Å². The van der Waals surface area contributed by atoms with Crippen molar-refractivity contribution in [3.63, 3.8) is 0 Å². The lowest BCUT2D eigenvalue weighted by Gasteiger charge is -2.07. The number of benzene rings is 6. The van der Waals surface area contributed by atoms with Gasteiger partial charge in [-0.3, -0.25) is 0 Å². The van der Waals surface area contributed by atoms with Gasteiger partial charge in [-0.25, -0.2) is 4.79 Å². The first-order valence-corrected chi connectivity index (χ1v) is 17.0. The molecule has 0 saturated carbocycles.